The van der Waals surface area contributed by atoms with Crippen LogP contribution in [0.2, 0.25) is 0 Å². The van der Waals surface area contributed by atoms with Crippen molar-refractivity contribution in [3.63, 3.8) is 0 Å². The average molecular weight is 175 g/mol. The van der Waals surface area contributed by atoms with Gasteiger partial charge in [-0.25, -0.2) is 0 Å². The molecule has 0 aromatic rings. The Labute approximate surface area is 75.2 Å². The standard InChI is InChI=1S/C9H21NO2/c1-4-11-5-6-12-7-9(10)8(2)3/h8-9H,4-7,10H2,1-3H3. The van der Waals surface area contributed by atoms with Crippen LogP contribution in [-0.4, -0.2) is 32.5 Å². The largest absolute Gasteiger partial charge is 0.379 e. The zero-order valence-corrected chi connectivity index (χ0v) is 8.38. The Bertz CT molecular complexity index is 96.5. The zero-order chi connectivity index (χ0) is 9.40. The minimum atomic E-state index is 0.145. The van der Waals surface area contributed by atoms with Gasteiger partial charge in [-0.3, -0.25) is 0 Å². The molecular weight excluding hydrogens is 154 g/mol. The molecule has 12 heavy (non-hydrogen) atoms. The Kier molecular flexibility index (Phi) is 7.45. The molecule has 0 spiro atoms. The third-order valence-corrected chi connectivity index (χ3v) is 1.74. The zero-order valence-electron chi connectivity index (χ0n) is 8.38. The van der Waals surface area contributed by atoms with Crippen LogP contribution in [0.5, 0.6) is 0 Å². The summed E-state index contributed by atoms with van der Waals surface area (Å²) in [4.78, 5) is 0. The van der Waals surface area contributed by atoms with Gasteiger partial charge in [-0.1, -0.05) is 13.8 Å². The summed E-state index contributed by atoms with van der Waals surface area (Å²) in [7, 11) is 0. The molecule has 0 aromatic carbocycles. The molecule has 74 valence electrons. The van der Waals surface area contributed by atoms with E-state index in [1.54, 1.807) is 0 Å². The summed E-state index contributed by atoms with van der Waals surface area (Å²) < 4.78 is 10.4. The fraction of sp³-hybridized carbons (Fsp3) is 1.00. The molecule has 0 heterocycles. The molecule has 0 radical (unpaired) electrons. The maximum atomic E-state index is 5.77. The molecule has 1 unspecified atom stereocenters. The molecule has 0 aromatic heterocycles. The van der Waals surface area contributed by atoms with Crippen molar-refractivity contribution in [1.29, 1.82) is 0 Å². The highest BCUT2D eigenvalue weighted by atomic mass is 16.5. The molecule has 0 bridgehead atoms. The van der Waals surface area contributed by atoms with Gasteiger partial charge >= 0.3 is 0 Å². The van der Waals surface area contributed by atoms with Crippen molar-refractivity contribution in [2.24, 2.45) is 11.7 Å². The van der Waals surface area contributed by atoms with Crippen LogP contribution in [0, 0.1) is 5.92 Å². The maximum absolute atomic E-state index is 5.77. The van der Waals surface area contributed by atoms with E-state index in [0.717, 1.165) is 6.61 Å². The van der Waals surface area contributed by atoms with Crippen LogP contribution in [0.4, 0.5) is 0 Å². The summed E-state index contributed by atoms with van der Waals surface area (Å²) in [5.74, 6) is 0.483. The predicted octanol–water partition coefficient (Wildman–Crippen LogP) is 1.02. The Morgan fingerprint density at radius 3 is 2.25 bits per heavy atom. The van der Waals surface area contributed by atoms with E-state index in [1.165, 1.54) is 0 Å². The lowest BCUT2D eigenvalue weighted by Crippen LogP contribution is -2.32. The first-order valence-corrected chi connectivity index (χ1v) is 4.59. The first-order chi connectivity index (χ1) is 5.68. The Morgan fingerprint density at radius 2 is 1.75 bits per heavy atom. The van der Waals surface area contributed by atoms with Crippen LogP contribution in [-0.2, 0) is 9.47 Å². The minimum absolute atomic E-state index is 0.145. The average Bonchev–Trinajstić information content (AvgIpc) is 2.03. The highest BCUT2D eigenvalue weighted by Gasteiger charge is 2.06. The van der Waals surface area contributed by atoms with Crippen LogP contribution in [0.3, 0.4) is 0 Å². The molecule has 3 heteroatoms. The fourth-order valence-electron chi connectivity index (χ4n) is 0.674. The summed E-state index contributed by atoms with van der Waals surface area (Å²) in [5.41, 5.74) is 5.77. The van der Waals surface area contributed by atoms with E-state index in [2.05, 4.69) is 13.8 Å². The van der Waals surface area contributed by atoms with Gasteiger partial charge in [-0.15, -0.1) is 0 Å². The highest BCUT2D eigenvalue weighted by molar-refractivity contribution is 4.63. The monoisotopic (exact) mass is 175 g/mol. The molecule has 0 aliphatic heterocycles. The van der Waals surface area contributed by atoms with Gasteiger partial charge in [0.05, 0.1) is 19.8 Å². The van der Waals surface area contributed by atoms with Crippen molar-refractivity contribution in [3.05, 3.63) is 0 Å². The second-order valence-electron chi connectivity index (χ2n) is 3.18. The Balaban J connectivity index is 3.08. The molecule has 0 saturated carbocycles. The highest BCUT2D eigenvalue weighted by Crippen LogP contribution is 1.97. The number of hydrogen-bond donors (Lipinski definition) is 1. The fourth-order valence-corrected chi connectivity index (χ4v) is 0.674. The van der Waals surface area contributed by atoms with Gasteiger partial charge in [-0.2, -0.15) is 0 Å². The van der Waals surface area contributed by atoms with Gasteiger partial charge in [0, 0.05) is 12.6 Å². The van der Waals surface area contributed by atoms with Crippen LogP contribution < -0.4 is 5.73 Å². The van der Waals surface area contributed by atoms with Crippen LogP contribution >= 0.6 is 0 Å². The van der Waals surface area contributed by atoms with Crippen molar-refractivity contribution in [1.82, 2.24) is 0 Å². The minimum Gasteiger partial charge on any atom is -0.379 e. The topological polar surface area (TPSA) is 44.5 Å². The van der Waals surface area contributed by atoms with E-state index in [9.17, 15) is 0 Å². The maximum Gasteiger partial charge on any atom is 0.0701 e. The van der Waals surface area contributed by atoms with E-state index in [1.807, 2.05) is 6.92 Å². The lowest BCUT2D eigenvalue weighted by molar-refractivity contribution is 0.0430. The SMILES string of the molecule is CCOCCOCC(N)C(C)C. The second-order valence-corrected chi connectivity index (χ2v) is 3.18. The van der Waals surface area contributed by atoms with Gasteiger partial charge in [0.2, 0.25) is 0 Å². The van der Waals surface area contributed by atoms with E-state index in [-0.39, 0.29) is 6.04 Å². The van der Waals surface area contributed by atoms with Gasteiger partial charge in [0.25, 0.3) is 0 Å². The molecule has 0 aliphatic rings. The van der Waals surface area contributed by atoms with Crippen molar-refractivity contribution in [2.45, 2.75) is 26.8 Å². The van der Waals surface area contributed by atoms with E-state index >= 15 is 0 Å². The summed E-state index contributed by atoms with van der Waals surface area (Å²) in [6, 6.07) is 0.145. The van der Waals surface area contributed by atoms with Crippen LogP contribution in [0.25, 0.3) is 0 Å². The van der Waals surface area contributed by atoms with Crippen LogP contribution in [0.15, 0.2) is 0 Å². The predicted molar refractivity (Wildman–Crippen MR) is 50.1 cm³/mol. The quantitative estimate of drug-likeness (QED) is 0.588. The molecule has 0 aliphatic carbocycles. The summed E-state index contributed by atoms with van der Waals surface area (Å²) >= 11 is 0. The van der Waals surface area contributed by atoms with Crippen molar-refractivity contribution < 1.29 is 9.47 Å². The molecule has 0 amide bonds. The lowest BCUT2D eigenvalue weighted by atomic mass is 10.1. The van der Waals surface area contributed by atoms with E-state index in [4.69, 9.17) is 15.2 Å². The van der Waals surface area contributed by atoms with E-state index in [0.29, 0.717) is 25.7 Å². The van der Waals surface area contributed by atoms with Crippen LogP contribution in [0.1, 0.15) is 20.8 Å². The van der Waals surface area contributed by atoms with Gasteiger partial charge < -0.3 is 15.2 Å². The molecule has 3 nitrogen and oxygen atoms in total. The molecular formula is C9H21NO2. The first kappa shape index (κ1) is 11.9. The van der Waals surface area contributed by atoms with Crippen molar-refractivity contribution >= 4 is 0 Å². The normalized spacial score (nSPS) is 13.8. The van der Waals surface area contributed by atoms with Gasteiger partial charge in [0.15, 0.2) is 0 Å². The number of rotatable bonds is 7. The number of ether oxygens (including phenoxy) is 2. The molecule has 0 fully saturated rings. The molecule has 2 N–H and O–H groups in total. The Hall–Kier alpha value is -0.120. The summed E-state index contributed by atoms with van der Waals surface area (Å²) in [6.07, 6.45) is 0. The van der Waals surface area contributed by atoms with Crippen molar-refractivity contribution in [2.75, 3.05) is 26.4 Å². The smallest absolute Gasteiger partial charge is 0.0701 e. The lowest BCUT2D eigenvalue weighted by Gasteiger charge is -2.15. The van der Waals surface area contributed by atoms with Gasteiger partial charge in [0.1, 0.15) is 0 Å². The second kappa shape index (κ2) is 7.53. The Morgan fingerprint density at radius 1 is 1.17 bits per heavy atom. The number of nitrogens with two attached hydrogens (primary N) is 1. The third kappa shape index (κ3) is 6.58. The van der Waals surface area contributed by atoms with E-state index < -0.39 is 0 Å². The molecule has 0 rings (SSSR count). The summed E-state index contributed by atoms with van der Waals surface area (Å²) in [5, 5.41) is 0. The summed E-state index contributed by atoms with van der Waals surface area (Å²) in [6.45, 7) is 8.85. The molecule has 0 saturated heterocycles. The number of hydrogen-bond acceptors (Lipinski definition) is 3. The first-order valence-electron chi connectivity index (χ1n) is 4.59. The van der Waals surface area contributed by atoms with Crippen molar-refractivity contribution in [3.8, 4) is 0 Å². The van der Waals surface area contributed by atoms with Gasteiger partial charge in [-0.05, 0) is 12.8 Å². The molecule has 1 atom stereocenters. The third-order valence-electron chi connectivity index (χ3n) is 1.74.